The van der Waals surface area contributed by atoms with E-state index in [1.807, 2.05) is 24.3 Å². The zero-order valence-corrected chi connectivity index (χ0v) is 13.6. The number of hydrogen-bond donors (Lipinski definition) is 0. The number of carbonyl (C=O) groups excluding carboxylic acids is 1. The van der Waals surface area contributed by atoms with Gasteiger partial charge in [0.2, 0.25) is 0 Å². The summed E-state index contributed by atoms with van der Waals surface area (Å²) in [4.78, 5) is 11.5. The van der Waals surface area contributed by atoms with E-state index < -0.39 is 0 Å². The van der Waals surface area contributed by atoms with E-state index in [2.05, 4.69) is 20.2 Å². The third-order valence-corrected chi connectivity index (χ3v) is 3.86. The highest BCUT2D eigenvalue weighted by Crippen LogP contribution is 2.18. The van der Waals surface area contributed by atoms with Gasteiger partial charge in [0, 0.05) is 19.3 Å². The molecule has 1 fully saturated rings. The summed E-state index contributed by atoms with van der Waals surface area (Å²) >= 11 is 0. The molecule has 0 atom stereocenters. The van der Waals surface area contributed by atoms with Crippen molar-refractivity contribution in [2.75, 3.05) is 38.4 Å². The Kier molecular flexibility index (Phi) is 5.35. The standard InChI is InChI=1S/C17H20N4O3/c1-23-17(22)15-6-4-14(5-7-15)13-21(16-3-2-8-18-19-16)20-9-11-24-12-10-20/h2-8H,9-13H2,1H3. The third kappa shape index (κ3) is 3.87. The highest BCUT2D eigenvalue weighted by Gasteiger charge is 2.20. The van der Waals surface area contributed by atoms with Crippen LogP contribution in [0.3, 0.4) is 0 Å². The second-order valence-electron chi connectivity index (χ2n) is 5.39. The lowest BCUT2D eigenvalue weighted by Gasteiger charge is -2.37. The van der Waals surface area contributed by atoms with Crippen LogP contribution in [-0.2, 0) is 16.0 Å². The second kappa shape index (κ2) is 7.85. The molecule has 7 heteroatoms. The number of rotatable bonds is 5. The van der Waals surface area contributed by atoms with E-state index >= 15 is 0 Å². The van der Waals surface area contributed by atoms with Crippen LogP contribution in [0.5, 0.6) is 0 Å². The van der Waals surface area contributed by atoms with Crippen LogP contribution < -0.4 is 5.01 Å². The molecule has 0 unspecified atom stereocenters. The van der Waals surface area contributed by atoms with Gasteiger partial charge in [-0.2, -0.15) is 5.10 Å². The van der Waals surface area contributed by atoms with E-state index in [1.54, 1.807) is 18.3 Å². The maximum Gasteiger partial charge on any atom is 0.337 e. The summed E-state index contributed by atoms with van der Waals surface area (Å²) in [5.41, 5.74) is 1.61. The zero-order chi connectivity index (χ0) is 16.8. The Morgan fingerprint density at radius 3 is 2.62 bits per heavy atom. The van der Waals surface area contributed by atoms with Crippen LogP contribution >= 0.6 is 0 Å². The first-order valence-corrected chi connectivity index (χ1v) is 7.83. The molecule has 1 aromatic heterocycles. The van der Waals surface area contributed by atoms with E-state index in [1.165, 1.54) is 7.11 Å². The Labute approximate surface area is 140 Å². The number of carbonyl (C=O) groups is 1. The Bertz CT molecular complexity index is 657. The average Bonchev–Trinajstić information content (AvgIpc) is 2.67. The zero-order valence-electron chi connectivity index (χ0n) is 13.6. The Hall–Kier alpha value is -2.51. The average molecular weight is 328 g/mol. The molecule has 1 aromatic carbocycles. The van der Waals surface area contributed by atoms with Crippen LogP contribution in [0.1, 0.15) is 15.9 Å². The maximum absolute atomic E-state index is 11.5. The summed E-state index contributed by atoms with van der Waals surface area (Å²) in [6.45, 7) is 3.63. The molecule has 0 bridgehead atoms. The van der Waals surface area contributed by atoms with Crippen LogP contribution in [-0.4, -0.2) is 54.6 Å². The Balaban J connectivity index is 1.79. The van der Waals surface area contributed by atoms with Crippen LogP contribution in [0.15, 0.2) is 42.6 Å². The van der Waals surface area contributed by atoms with Crippen LogP contribution in [0.25, 0.3) is 0 Å². The first kappa shape index (κ1) is 16.4. The van der Waals surface area contributed by atoms with Crippen molar-refractivity contribution in [2.24, 2.45) is 0 Å². The van der Waals surface area contributed by atoms with Gasteiger partial charge >= 0.3 is 5.97 Å². The molecule has 1 aliphatic rings. The number of ether oxygens (including phenoxy) is 2. The minimum Gasteiger partial charge on any atom is -0.465 e. The van der Waals surface area contributed by atoms with Gasteiger partial charge in [-0.05, 0) is 29.8 Å². The van der Waals surface area contributed by atoms with Crippen molar-refractivity contribution in [2.45, 2.75) is 6.54 Å². The number of benzene rings is 1. The summed E-state index contributed by atoms with van der Waals surface area (Å²) in [6, 6.07) is 11.2. The van der Waals surface area contributed by atoms with Crippen molar-refractivity contribution in [3.8, 4) is 0 Å². The van der Waals surface area contributed by atoms with Crippen molar-refractivity contribution in [1.29, 1.82) is 0 Å². The van der Waals surface area contributed by atoms with Crippen molar-refractivity contribution >= 4 is 11.8 Å². The van der Waals surface area contributed by atoms with Crippen LogP contribution in [0.4, 0.5) is 5.82 Å². The monoisotopic (exact) mass is 328 g/mol. The molecule has 7 nitrogen and oxygen atoms in total. The fourth-order valence-electron chi connectivity index (χ4n) is 2.59. The summed E-state index contributed by atoms with van der Waals surface area (Å²) in [6.07, 6.45) is 1.66. The van der Waals surface area contributed by atoms with Crippen molar-refractivity contribution in [3.05, 3.63) is 53.7 Å². The molecule has 3 rings (SSSR count). The molecule has 126 valence electrons. The van der Waals surface area contributed by atoms with Crippen molar-refractivity contribution in [3.63, 3.8) is 0 Å². The summed E-state index contributed by atoms with van der Waals surface area (Å²) in [5.74, 6) is 0.456. The van der Waals surface area contributed by atoms with Gasteiger partial charge in [0.25, 0.3) is 0 Å². The number of hydrazine groups is 1. The minimum absolute atomic E-state index is 0.333. The van der Waals surface area contributed by atoms with E-state index in [0.717, 1.165) is 24.5 Å². The molecule has 1 aliphatic heterocycles. The minimum atomic E-state index is -0.333. The number of aromatic nitrogens is 2. The first-order chi connectivity index (χ1) is 11.8. The summed E-state index contributed by atoms with van der Waals surface area (Å²) in [7, 11) is 1.38. The molecule has 0 radical (unpaired) electrons. The fraction of sp³-hybridized carbons (Fsp3) is 0.353. The largest absolute Gasteiger partial charge is 0.465 e. The number of hydrogen-bond acceptors (Lipinski definition) is 7. The lowest BCUT2D eigenvalue weighted by atomic mass is 10.1. The lowest BCUT2D eigenvalue weighted by molar-refractivity contribution is 0.0302. The van der Waals surface area contributed by atoms with E-state index in [4.69, 9.17) is 9.47 Å². The van der Waals surface area contributed by atoms with E-state index in [0.29, 0.717) is 25.3 Å². The van der Waals surface area contributed by atoms with Crippen LogP contribution in [0, 0.1) is 0 Å². The molecular weight excluding hydrogens is 308 g/mol. The van der Waals surface area contributed by atoms with E-state index in [9.17, 15) is 4.79 Å². The molecule has 0 amide bonds. The molecule has 24 heavy (non-hydrogen) atoms. The summed E-state index contributed by atoms with van der Waals surface area (Å²) < 4.78 is 10.2. The van der Waals surface area contributed by atoms with E-state index in [-0.39, 0.29) is 5.97 Å². The van der Waals surface area contributed by atoms with Gasteiger partial charge in [-0.1, -0.05) is 12.1 Å². The maximum atomic E-state index is 11.5. The molecule has 2 heterocycles. The molecule has 0 spiro atoms. The SMILES string of the molecule is COC(=O)c1ccc(CN(c2cccnn2)N2CCOCC2)cc1. The number of methoxy groups -OCH3 is 1. The quantitative estimate of drug-likeness (QED) is 0.771. The predicted octanol–water partition coefficient (Wildman–Crippen LogP) is 1.52. The third-order valence-electron chi connectivity index (χ3n) is 3.86. The topological polar surface area (TPSA) is 67.8 Å². The Morgan fingerprint density at radius 2 is 2.00 bits per heavy atom. The van der Waals surface area contributed by atoms with Gasteiger partial charge in [0.15, 0.2) is 5.82 Å². The smallest absolute Gasteiger partial charge is 0.337 e. The van der Waals surface area contributed by atoms with Gasteiger partial charge in [0.05, 0.1) is 32.4 Å². The highest BCUT2D eigenvalue weighted by atomic mass is 16.5. The summed E-state index contributed by atoms with van der Waals surface area (Å²) in [5, 5.41) is 12.5. The van der Waals surface area contributed by atoms with Crippen molar-refractivity contribution in [1.82, 2.24) is 15.2 Å². The highest BCUT2D eigenvalue weighted by molar-refractivity contribution is 5.89. The van der Waals surface area contributed by atoms with Crippen molar-refractivity contribution < 1.29 is 14.3 Å². The molecular formula is C17H20N4O3. The van der Waals surface area contributed by atoms with Gasteiger partial charge in [-0.3, -0.25) is 5.01 Å². The normalized spacial score (nSPS) is 15.0. The predicted molar refractivity (Wildman–Crippen MR) is 88.4 cm³/mol. The number of morpholine rings is 1. The van der Waals surface area contributed by atoms with Crippen LogP contribution in [0.2, 0.25) is 0 Å². The lowest BCUT2D eigenvalue weighted by Crippen LogP contribution is -2.49. The molecule has 1 saturated heterocycles. The number of anilines is 1. The molecule has 0 saturated carbocycles. The second-order valence-corrected chi connectivity index (χ2v) is 5.39. The van der Waals surface area contributed by atoms with Gasteiger partial charge in [-0.25, -0.2) is 9.80 Å². The molecule has 2 aromatic rings. The molecule has 0 aliphatic carbocycles. The van der Waals surface area contributed by atoms with Gasteiger partial charge < -0.3 is 9.47 Å². The number of esters is 1. The fourth-order valence-corrected chi connectivity index (χ4v) is 2.59. The molecule has 0 N–H and O–H groups in total. The van der Waals surface area contributed by atoms with Gasteiger partial charge in [0.1, 0.15) is 0 Å². The Morgan fingerprint density at radius 1 is 1.25 bits per heavy atom. The van der Waals surface area contributed by atoms with Gasteiger partial charge in [-0.15, -0.1) is 5.10 Å². The number of nitrogens with zero attached hydrogens (tertiary/aromatic N) is 4. The first-order valence-electron chi connectivity index (χ1n) is 7.83.